The fourth-order valence-corrected chi connectivity index (χ4v) is 2.18. The fourth-order valence-electron chi connectivity index (χ4n) is 2.18. The third-order valence-electron chi connectivity index (χ3n) is 3.48. The summed E-state index contributed by atoms with van der Waals surface area (Å²) in [4.78, 5) is 4.28. The molecule has 1 heterocycles. The molecular formula is C16H32IN5. The van der Waals surface area contributed by atoms with Crippen LogP contribution in [0.3, 0.4) is 0 Å². The lowest BCUT2D eigenvalue weighted by atomic mass is 10.0. The summed E-state index contributed by atoms with van der Waals surface area (Å²) >= 11 is 0. The average Bonchev–Trinajstić information content (AvgIpc) is 2.85. The van der Waals surface area contributed by atoms with E-state index in [1.165, 1.54) is 18.4 Å². The minimum absolute atomic E-state index is 0. The first-order chi connectivity index (χ1) is 10.0. The van der Waals surface area contributed by atoms with Crippen LogP contribution in [0.1, 0.15) is 45.6 Å². The second-order valence-corrected chi connectivity index (χ2v) is 6.14. The SMILES string of the molecule is CN=C(NCCCc1cnn(C)c1)NC(C)CCC(C)C.I. The highest BCUT2D eigenvalue weighted by Gasteiger charge is 2.06. The number of nitrogens with one attached hydrogen (secondary N) is 2. The van der Waals surface area contributed by atoms with Crippen molar-refractivity contribution in [3.05, 3.63) is 18.0 Å². The Kier molecular flexibility index (Phi) is 11.3. The van der Waals surface area contributed by atoms with E-state index >= 15 is 0 Å². The number of nitrogens with zero attached hydrogens (tertiary/aromatic N) is 3. The van der Waals surface area contributed by atoms with E-state index in [4.69, 9.17) is 0 Å². The van der Waals surface area contributed by atoms with Gasteiger partial charge in [0.2, 0.25) is 0 Å². The summed E-state index contributed by atoms with van der Waals surface area (Å²) in [5, 5.41) is 11.0. The molecule has 5 nitrogen and oxygen atoms in total. The van der Waals surface area contributed by atoms with Crippen molar-refractivity contribution in [3.8, 4) is 0 Å². The Morgan fingerprint density at radius 3 is 2.59 bits per heavy atom. The maximum Gasteiger partial charge on any atom is 0.191 e. The van der Waals surface area contributed by atoms with Gasteiger partial charge >= 0.3 is 0 Å². The van der Waals surface area contributed by atoms with Gasteiger partial charge in [0.05, 0.1) is 6.20 Å². The van der Waals surface area contributed by atoms with Crippen molar-refractivity contribution in [1.82, 2.24) is 20.4 Å². The molecule has 0 amide bonds. The molecular weight excluding hydrogens is 389 g/mol. The highest BCUT2D eigenvalue weighted by atomic mass is 127. The number of aliphatic imine (C=N–C) groups is 1. The number of hydrogen-bond acceptors (Lipinski definition) is 2. The van der Waals surface area contributed by atoms with Gasteiger partial charge in [0, 0.05) is 32.9 Å². The lowest BCUT2D eigenvalue weighted by molar-refractivity contribution is 0.489. The maximum absolute atomic E-state index is 4.28. The summed E-state index contributed by atoms with van der Waals surface area (Å²) in [6.07, 6.45) is 8.54. The Morgan fingerprint density at radius 1 is 1.32 bits per heavy atom. The standard InChI is InChI=1S/C16H31N5.HI/c1-13(2)8-9-14(3)20-16(17-4)18-10-6-7-15-11-19-21(5)12-15;/h11-14H,6-10H2,1-5H3,(H2,17,18,20);1H. The summed E-state index contributed by atoms with van der Waals surface area (Å²) in [6, 6.07) is 0.455. The zero-order valence-electron chi connectivity index (χ0n) is 14.6. The second-order valence-electron chi connectivity index (χ2n) is 6.14. The third-order valence-corrected chi connectivity index (χ3v) is 3.48. The molecule has 1 rings (SSSR count). The van der Waals surface area contributed by atoms with Gasteiger partial charge in [-0.25, -0.2) is 0 Å². The first-order valence-corrected chi connectivity index (χ1v) is 7.96. The van der Waals surface area contributed by atoms with Crippen molar-refractivity contribution in [3.63, 3.8) is 0 Å². The molecule has 1 atom stereocenters. The van der Waals surface area contributed by atoms with E-state index in [0.29, 0.717) is 6.04 Å². The molecule has 2 N–H and O–H groups in total. The number of hydrogen-bond donors (Lipinski definition) is 2. The molecule has 1 aromatic rings. The molecule has 0 saturated carbocycles. The smallest absolute Gasteiger partial charge is 0.191 e. The van der Waals surface area contributed by atoms with Gasteiger partial charge in [0.25, 0.3) is 0 Å². The average molecular weight is 421 g/mol. The molecule has 6 heteroatoms. The van der Waals surface area contributed by atoms with E-state index in [-0.39, 0.29) is 24.0 Å². The Balaban J connectivity index is 0.00000441. The maximum atomic E-state index is 4.28. The van der Waals surface area contributed by atoms with E-state index < -0.39 is 0 Å². The molecule has 0 spiro atoms. The van der Waals surface area contributed by atoms with Crippen LogP contribution in [0.4, 0.5) is 0 Å². The number of guanidine groups is 1. The number of aromatic nitrogens is 2. The molecule has 0 aliphatic carbocycles. The Hall–Kier alpha value is -0.790. The predicted molar refractivity (Wildman–Crippen MR) is 105 cm³/mol. The first kappa shape index (κ1) is 21.2. The van der Waals surface area contributed by atoms with E-state index in [2.05, 4.69) is 47.7 Å². The Labute approximate surface area is 152 Å². The van der Waals surface area contributed by atoms with Crippen LogP contribution >= 0.6 is 24.0 Å². The summed E-state index contributed by atoms with van der Waals surface area (Å²) in [5.41, 5.74) is 1.28. The monoisotopic (exact) mass is 421 g/mol. The topological polar surface area (TPSA) is 54.2 Å². The van der Waals surface area contributed by atoms with E-state index in [1.807, 2.05) is 25.0 Å². The number of rotatable bonds is 8. The molecule has 0 fully saturated rings. The second kappa shape index (κ2) is 11.7. The molecule has 22 heavy (non-hydrogen) atoms. The van der Waals surface area contributed by atoms with Crippen LogP contribution in [-0.4, -0.2) is 35.4 Å². The molecule has 128 valence electrons. The van der Waals surface area contributed by atoms with Crippen LogP contribution in [0.5, 0.6) is 0 Å². The van der Waals surface area contributed by atoms with Crippen LogP contribution in [0.15, 0.2) is 17.4 Å². The van der Waals surface area contributed by atoms with Crippen LogP contribution < -0.4 is 10.6 Å². The van der Waals surface area contributed by atoms with Crippen LogP contribution in [0, 0.1) is 5.92 Å². The fraction of sp³-hybridized carbons (Fsp3) is 0.750. The zero-order chi connectivity index (χ0) is 15.7. The largest absolute Gasteiger partial charge is 0.356 e. The highest BCUT2D eigenvalue weighted by Crippen LogP contribution is 2.06. The lowest BCUT2D eigenvalue weighted by Crippen LogP contribution is -2.42. The summed E-state index contributed by atoms with van der Waals surface area (Å²) in [5.74, 6) is 1.65. The summed E-state index contributed by atoms with van der Waals surface area (Å²) in [7, 11) is 3.78. The number of halogens is 1. The minimum Gasteiger partial charge on any atom is -0.356 e. The molecule has 0 radical (unpaired) electrons. The van der Waals surface area contributed by atoms with Gasteiger partial charge in [-0.05, 0) is 44.1 Å². The Bertz CT molecular complexity index is 428. The van der Waals surface area contributed by atoms with Crippen molar-refractivity contribution >= 4 is 29.9 Å². The van der Waals surface area contributed by atoms with Gasteiger partial charge in [-0.3, -0.25) is 9.67 Å². The molecule has 0 bridgehead atoms. The summed E-state index contributed by atoms with van der Waals surface area (Å²) < 4.78 is 1.85. The molecule has 0 aliphatic heterocycles. The van der Waals surface area contributed by atoms with Gasteiger partial charge in [-0.2, -0.15) is 5.10 Å². The first-order valence-electron chi connectivity index (χ1n) is 7.96. The predicted octanol–water partition coefficient (Wildman–Crippen LogP) is 2.96. The van der Waals surface area contributed by atoms with Gasteiger partial charge < -0.3 is 10.6 Å². The molecule has 1 aromatic heterocycles. The quantitative estimate of drug-likeness (QED) is 0.294. The van der Waals surface area contributed by atoms with Crippen LogP contribution in [0.25, 0.3) is 0 Å². The van der Waals surface area contributed by atoms with E-state index in [1.54, 1.807) is 0 Å². The van der Waals surface area contributed by atoms with Gasteiger partial charge in [-0.15, -0.1) is 24.0 Å². The van der Waals surface area contributed by atoms with Crippen molar-refractivity contribution in [2.75, 3.05) is 13.6 Å². The summed E-state index contributed by atoms with van der Waals surface area (Å²) in [6.45, 7) is 7.66. The molecule has 1 unspecified atom stereocenters. The van der Waals surface area contributed by atoms with Crippen LogP contribution in [0.2, 0.25) is 0 Å². The van der Waals surface area contributed by atoms with Crippen molar-refractivity contribution in [2.24, 2.45) is 18.0 Å². The van der Waals surface area contributed by atoms with E-state index in [9.17, 15) is 0 Å². The van der Waals surface area contributed by atoms with Crippen molar-refractivity contribution in [1.29, 1.82) is 0 Å². The van der Waals surface area contributed by atoms with Gasteiger partial charge in [-0.1, -0.05) is 13.8 Å². The van der Waals surface area contributed by atoms with Gasteiger partial charge in [0.15, 0.2) is 5.96 Å². The van der Waals surface area contributed by atoms with Crippen molar-refractivity contribution < 1.29 is 0 Å². The highest BCUT2D eigenvalue weighted by molar-refractivity contribution is 14.0. The van der Waals surface area contributed by atoms with Gasteiger partial charge in [0.1, 0.15) is 0 Å². The molecule has 0 aromatic carbocycles. The van der Waals surface area contributed by atoms with E-state index in [0.717, 1.165) is 31.3 Å². The van der Waals surface area contributed by atoms with Crippen molar-refractivity contribution in [2.45, 2.75) is 52.5 Å². The normalized spacial score (nSPS) is 12.9. The zero-order valence-corrected chi connectivity index (χ0v) is 16.9. The lowest BCUT2D eigenvalue weighted by Gasteiger charge is -2.18. The van der Waals surface area contributed by atoms with Crippen LogP contribution in [-0.2, 0) is 13.5 Å². The Morgan fingerprint density at radius 2 is 2.05 bits per heavy atom. The number of aryl methyl sites for hydroxylation is 2. The molecule has 0 saturated heterocycles. The molecule has 0 aliphatic rings. The minimum atomic E-state index is 0. The third kappa shape index (κ3) is 9.27.